The number of carbonyl (C=O) groups excluding carboxylic acids is 1. The van der Waals surface area contributed by atoms with Crippen LogP contribution in [0.25, 0.3) is 0 Å². The summed E-state index contributed by atoms with van der Waals surface area (Å²) in [5.41, 5.74) is 3.00. The minimum Gasteiger partial charge on any atom is -0.459 e. The molecule has 148 valence electrons. The largest absolute Gasteiger partial charge is 0.459 e. The third-order valence-electron chi connectivity index (χ3n) is 4.56. The molecular weight excluding hydrogens is 390 g/mol. The Morgan fingerprint density at radius 1 is 1.07 bits per heavy atom. The number of rotatable bonds is 5. The zero-order valence-corrected chi connectivity index (χ0v) is 16.5. The van der Waals surface area contributed by atoms with Gasteiger partial charge < -0.3 is 4.42 Å². The lowest BCUT2D eigenvalue weighted by Crippen LogP contribution is -2.26. The van der Waals surface area contributed by atoms with Gasteiger partial charge in [0.05, 0.1) is 24.3 Å². The van der Waals surface area contributed by atoms with Gasteiger partial charge in [0.1, 0.15) is 0 Å². The van der Waals surface area contributed by atoms with Gasteiger partial charge in [-0.2, -0.15) is 5.10 Å². The van der Waals surface area contributed by atoms with E-state index in [1.54, 1.807) is 36.4 Å². The molecule has 0 fully saturated rings. The molecule has 1 aliphatic heterocycles. The first-order valence-electron chi connectivity index (χ1n) is 8.98. The van der Waals surface area contributed by atoms with Crippen LogP contribution in [-0.4, -0.2) is 31.3 Å². The molecule has 1 aliphatic rings. The predicted molar refractivity (Wildman–Crippen MR) is 110 cm³/mol. The maximum atomic E-state index is 12.9. The van der Waals surface area contributed by atoms with E-state index in [4.69, 9.17) is 4.42 Å². The van der Waals surface area contributed by atoms with Crippen LogP contribution in [0.1, 0.15) is 34.1 Å². The monoisotopic (exact) mass is 409 g/mol. The van der Waals surface area contributed by atoms with E-state index in [1.165, 1.54) is 11.3 Å². The summed E-state index contributed by atoms with van der Waals surface area (Å²) in [5, 5.41) is 6.03. The summed E-state index contributed by atoms with van der Waals surface area (Å²) in [4.78, 5) is 12.9. The highest BCUT2D eigenvalue weighted by molar-refractivity contribution is 7.92. The lowest BCUT2D eigenvalue weighted by molar-refractivity contribution is 0.0678. The zero-order valence-electron chi connectivity index (χ0n) is 15.6. The Labute approximate surface area is 168 Å². The lowest BCUT2D eigenvalue weighted by Gasteiger charge is -2.21. The third kappa shape index (κ3) is 4.22. The standard InChI is InChI=1S/C21H19N3O4S/c1-29(26,27)23-17-11-9-15(10-12-17)18-14-19(16-6-3-2-4-7-16)24(22-18)21(25)20-8-5-13-28-20/h2-13,19,23H,14H2,1H3/t19-/m1/s1. The second kappa shape index (κ2) is 7.56. The Morgan fingerprint density at radius 3 is 2.41 bits per heavy atom. The van der Waals surface area contributed by atoms with Gasteiger partial charge in [0.2, 0.25) is 10.0 Å². The fraction of sp³-hybridized carbons (Fsp3) is 0.143. The Kier molecular flexibility index (Phi) is 4.94. The molecule has 0 aliphatic carbocycles. The van der Waals surface area contributed by atoms with Gasteiger partial charge in [0.25, 0.3) is 0 Å². The smallest absolute Gasteiger partial charge is 0.310 e. The molecular formula is C21H19N3O4S. The summed E-state index contributed by atoms with van der Waals surface area (Å²) in [6.45, 7) is 0. The first-order valence-corrected chi connectivity index (χ1v) is 10.9. The first-order chi connectivity index (χ1) is 13.9. The fourth-order valence-electron chi connectivity index (χ4n) is 3.26. The number of anilines is 1. The van der Waals surface area contributed by atoms with E-state index in [9.17, 15) is 13.2 Å². The van der Waals surface area contributed by atoms with E-state index in [1.807, 2.05) is 30.3 Å². The van der Waals surface area contributed by atoms with Gasteiger partial charge in [-0.1, -0.05) is 42.5 Å². The SMILES string of the molecule is CS(=O)(=O)Nc1ccc(C2=NN(C(=O)c3ccco3)[C@@H](c3ccccc3)C2)cc1. The minimum absolute atomic E-state index is 0.226. The van der Waals surface area contributed by atoms with Crippen LogP contribution in [0.2, 0.25) is 0 Å². The summed E-state index contributed by atoms with van der Waals surface area (Å²) in [7, 11) is -3.34. The number of carbonyl (C=O) groups is 1. The topological polar surface area (TPSA) is 92.0 Å². The van der Waals surface area contributed by atoms with Gasteiger partial charge in [0, 0.05) is 12.1 Å². The molecule has 1 N–H and O–H groups in total. The summed E-state index contributed by atoms with van der Waals surface area (Å²) < 4.78 is 30.5. The summed E-state index contributed by atoms with van der Waals surface area (Å²) in [6, 6.07) is 19.6. The molecule has 0 saturated heterocycles. The molecule has 1 atom stereocenters. The normalized spacial score (nSPS) is 16.5. The first kappa shape index (κ1) is 18.9. The van der Waals surface area contributed by atoms with Crippen LogP contribution in [0.15, 0.2) is 82.5 Å². The summed E-state index contributed by atoms with van der Waals surface area (Å²) in [5.74, 6) is -0.0853. The number of hydrogen-bond acceptors (Lipinski definition) is 5. The van der Waals surface area contributed by atoms with Crippen molar-refractivity contribution in [3.05, 3.63) is 89.9 Å². The van der Waals surface area contributed by atoms with Crippen LogP contribution in [0.3, 0.4) is 0 Å². The number of nitrogens with one attached hydrogen (secondary N) is 1. The van der Waals surface area contributed by atoms with Gasteiger partial charge in [-0.25, -0.2) is 13.4 Å². The molecule has 0 spiro atoms. The van der Waals surface area contributed by atoms with Crippen molar-refractivity contribution in [1.82, 2.24) is 5.01 Å². The Balaban J connectivity index is 1.65. The number of amides is 1. The zero-order chi connectivity index (χ0) is 20.4. The third-order valence-corrected chi connectivity index (χ3v) is 5.16. The van der Waals surface area contributed by atoms with Crippen molar-refractivity contribution in [2.75, 3.05) is 11.0 Å². The highest BCUT2D eigenvalue weighted by Gasteiger charge is 2.34. The maximum Gasteiger partial charge on any atom is 0.310 e. The number of hydrazone groups is 1. The van der Waals surface area contributed by atoms with Crippen LogP contribution in [0, 0.1) is 0 Å². The van der Waals surface area contributed by atoms with Crippen LogP contribution < -0.4 is 4.72 Å². The molecule has 2 aromatic carbocycles. The summed E-state index contributed by atoms with van der Waals surface area (Å²) in [6.07, 6.45) is 3.10. The number of sulfonamides is 1. The second-order valence-electron chi connectivity index (χ2n) is 6.76. The van der Waals surface area contributed by atoms with Crippen molar-refractivity contribution in [2.24, 2.45) is 5.10 Å². The maximum absolute atomic E-state index is 12.9. The van der Waals surface area contributed by atoms with Crippen molar-refractivity contribution in [3.8, 4) is 0 Å². The van der Waals surface area contributed by atoms with Gasteiger partial charge in [-0.15, -0.1) is 0 Å². The van der Waals surface area contributed by atoms with E-state index >= 15 is 0 Å². The molecule has 1 aromatic heterocycles. The van der Waals surface area contributed by atoms with Crippen LogP contribution in [0.5, 0.6) is 0 Å². The second-order valence-corrected chi connectivity index (χ2v) is 8.50. The van der Waals surface area contributed by atoms with Gasteiger partial charge in [0.15, 0.2) is 5.76 Å². The highest BCUT2D eigenvalue weighted by atomic mass is 32.2. The number of benzene rings is 2. The predicted octanol–water partition coefficient (Wildman–Crippen LogP) is 3.64. The molecule has 0 saturated carbocycles. The van der Waals surface area contributed by atoms with E-state index < -0.39 is 10.0 Å². The van der Waals surface area contributed by atoms with Crippen molar-refractivity contribution in [1.29, 1.82) is 0 Å². The average molecular weight is 409 g/mol. The van der Waals surface area contributed by atoms with Crippen LogP contribution >= 0.6 is 0 Å². The molecule has 3 aromatic rings. The molecule has 0 unspecified atom stereocenters. The molecule has 7 nitrogen and oxygen atoms in total. The Bertz CT molecular complexity index is 1140. The van der Waals surface area contributed by atoms with Crippen LogP contribution in [-0.2, 0) is 10.0 Å². The van der Waals surface area contributed by atoms with E-state index in [0.717, 1.165) is 23.1 Å². The minimum atomic E-state index is -3.34. The Morgan fingerprint density at radius 2 is 1.79 bits per heavy atom. The lowest BCUT2D eigenvalue weighted by atomic mass is 9.98. The van der Waals surface area contributed by atoms with E-state index in [-0.39, 0.29) is 17.7 Å². The quantitative estimate of drug-likeness (QED) is 0.696. The average Bonchev–Trinajstić information content (AvgIpc) is 3.38. The highest BCUT2D eigenvalue weighted by Crippen LogP contribution is 2.34. The van der Waals surface area contributed by atoms with Crippen molar-refractivity contribution in [3.63, 3.8) is 0 Å². The van der Waals surface area contributed by atoms with Gasteiger partial charge >= 0.3 is 5.91 Å². The van der Waals surface area contributed by atoms with Gasteiger partial charge in [-0.3, -0.25) is 9.52 Å². The Hall–Kier alpha value is -3.39. The van der Waals surface area contributed by atoms with Crippen molar-refractivity contribution < 1.29 is 17.6 Å². The van der Waals surface area contributed by atoms with Crippen molar-refractivity contribution >= 4 is 27.3 Å². The molecule has 8 heteroatoms. The van der Waals surface area contributed by atoms with Crippen molar-refractivity contribution in [2.45, 2.75) is 12.5 Å². The number of hydrogen-bond donors (Lipinski definition) is 1. The van der Waals surface area contributed by atoms with Gasteiger partial charge in [-0.05, 0) is 35.4 Å². The molecule has 1 amide bonds. The summed E-state index contributed by atoms with van der Waals surface area (Å²) >= 11 is 0. The fourth-order valence-corrected chi connectivity index (χ4v) is 3.83. The number of furan rings is 1. The van der Waals surface area contributed by atoms with E-state index in [2.05, 4.69) is 9.82 Å². The van der Waals surface area contributed by atoms with E-state index in [0.29, 0.717) is 12.1 Å². The molecule has 2 heterocycles. The molecule has 0 radical (unpaired) electrons. The molecule has 4 rings (SSSR count). The number of nitrogens with zero attached hydrogens (tertiary/aromatic N) is 2. The molecule has 29 heavy (non-hydrogen) atoms. The van der Waals surface area contributed by atoms with Crippen LogP contribution in [0.4, 0.5) is 5.69 Å². The molecule has 0 bridgehead atoms.